The van der Waals surface area contributed by atoms with Crippen molar-refractivity contribution in [2.45, 2.75) is 0 Å². The molecule has 0 aliphatic rings. The molecular formula is C55H35N3. The Balaban J connectivity index is 1.22. The second-order valence-electron chi connectivity index (χ2n) is 15.2. The third-order valence-electron chi connectivity index (χ3n) is 11.9. The number of nitrogens with zero attached hydrogens (tertiary/aromatic N) is 3. The summed E-state index contributed by atoms with van der Waals surface area (Å²) in [5.74, 6) is 0. The first-order chi connectivity index (χ1) is 28.8. The van der Waals surface area contributed by atoms with E-state index in [4.69, 9.17) is 4.98 Å². The second-order valence-corrected chi connectivity index (χ2v) is 15.2. The zero-order valence-electron chi connectivity index (χ0n) is 31.5. The van der Waals surface area contributed by atoms with Gasteiger partial charge < -0.3 is 8.97 Å². The summed E-state index contributed by atoms with van der Waals surface area (Å²) in [6, 6.07) is 73.0. The minimum Gasteiger partial charge on any atom is -0.308 e. The van der Waals surface area contributed by atoms with Gasteiger partial charge in [0, 0.05) is 45.4 Å². The molecule has 12 aromatic rings. The van der Waals surface area contributed by atoms with Crippen LogP contribution in [0.15, 0.2) is 213 Å². The Kier molecular flexibility index (Phi) is 7.23. The third-order valence-corrected chi connectivity index (χ3v) is 11.9. The number of fused-ring (bicyclic) bond motifs is 10. The lowest BCUT2D eigenvalue weighted by Gasteiger charge is -2.17. The summed E-state index contributed by atoms with van der Waals surface area (Å²) in [5.41, 5.74) is 12.5. The van der Waals surface area contributed by atoms with Gasteiger partial charge in [-0.15, -0.1) is 0 Å². The van der Waals surface area contributed by atoms with Gasteiger partial charge in [-0.2, -0.15) is 0 Å². The van der Waals surface area contributed by atoms with Gasteiger partial charge in [0.1, 0.15) is 5.65 Å². The third kappa shape index (κ3) is 4.97. The predicted molar refractivity (Wildman–Crippen MR) is 244 cm³/mol. The summed E-state index contributed by atoms with van der Waals surface area (Å²) < 4.78 is 4.62. The molecule has 0 saturated heterocycles. The first-order valence-corrected chi connectivity index (χ1v) is 19.9. The van der Waals surface area contributed by atoms with E-state index in [0.717, 1.165) is 22.6 Å². The zero-order chi connectivity index (χ0) is 38.2. The van der Waals surface area contributed by atoms with Crippen molar-refractivity contribution >= 4 is 59.6 Å². The molecule has 0 radical (unpaired) electrons. The molecule has 0 N–H and O–H groups in total. The van der Waals surface area contributed by atoms with Crippen molar-refractivity contribution in [2.24, 2.45) is 0 Å². The smallest absolute Gasteiger partial charge is 0.137 e. The van der Waals surface area contributed by atoms with E-state index >= 15 is 0 Å². The van der Waals surface area contributed by atoms with Crippen molar-refractivity contribution in [3.05, 3.63) is 213 Å². The summed E-state index contributed by atoms with van der Waals surface area (Å²) in [7, 11) is 0. The van der Waals surface area contributed by atoms with Crippen LogP contribution in [0.1, 0.15) is 0 Å². The average Bonchev–Trinajstić information content (AvgIpc) is 3.90. The van der Waals surface area contributed by atoms with E-state index < -0.39 is 0 Å². The van der Waals surface area contributed by atoms with Crippen LogP contribution in [0.3, 0.4) is 0 Å². The van der Waals surface area contributed by atoms with E-state index in [1.165, 1.54) is 87.5 Å². The topological polar surface area (TPSA) is 22.2 Å². The van der Waals surface area contributed by atoms with Gasteiger partial charge in [-0.25, -0.2) is 4.98 Å². The predicted octanol–water partition coefficient (Wildman–Crippen LogP) is 14.6. The molecule has 0 saturated carbocycles. The number of rotatable bonds is 5. The highest BCUT2D eigenvalue weighted by molar-refractivity contribution is 6.36. The summed E-state index contributed by atoms with van der Waals surface area (Å²) in [6.07, 6.45) is 4.15. The maximum atomic E-state index is 4.90. The van der Waals surface area contributed by atoms with Crippen LogP contribution in [0, 0.1) is 0 Å². The fourth-order valence-corrected chi connectivity index (χ4v) is 9.31. The summed E-state index contributed by atoms with van der Waals surface area (Å²) in [6.45, 7) is 0. The van der Waals surface area contributed by atoms with E-state index in [1.54, 1.807) is 0 Å². The highest BCUT2D eigenvalue weighted by atomic mass is 15.0. The largest absolute Gasteiger partial charge is 0.308 e. The standard InChI is InChI=1S/C55H35N3/c1-3-16-39(17-4-1)51-53-52-45-23-11-9-21-43(45)47(37-26-28-38(29-27-37)49-35-57-32-14-13-25-50(57)56-49)34-48(52)44-22-10-12-24-46(44)55(53)58(54(51)40-18-5-2-6-19-40)42-31-30-36-15-7-8-20-41(36)33-42/h1-35H. The maximum Gasteiger partial charge on any atom is 0.137 e. The van der Waals surface area contributed by atoms with E-state index in [2.05, 4.69) is 197 Å². The summed E-state index contributed by atoms with van der Waals surface area (Å²) in [5, 5.41) is 11.1. The van der Waals surface area contributed by atoms with Crippen LogP contribution in [-0.4, -0.2) is 14.0 Å². The summed E-state index contributed by atoms with van der Waals surface area (Å²) >= 11 is 0. The number of hydrogen-bond donors (Lipinski definition) is 0. The zero-order valence-corrected chi connectivity index (χ0v) is 31.5. The molecule has 3 aromatic heterocycles. The SMILES string of the molecule is c1ccc(-c2c(-c3ccccc3)n(-c3ccc4ccccc4c3)c3c4ccccc4c4cc(-c5ccc(-c6cn7ccccc7n6)cc5)c5ccccc5c4c23)cc1. The van der Waals surface area contributed by atoms with Gasteiger partial charge in [-0.3, -0.25) is 0 Å². The van der Waals surface area contributed by atoms with E-state index in [1.807, 2.05) is 24.4 Å². The molecule has 0 fully saturated rings. The molecule has 9 aromatic carbocycles. The first kappa shape index (κ1) is 32.5. The Labute approximate surface area is 335 Å². The first-order valence-electron chi connectivity index (χ1n) is 19.9. The molecule has 0 unspecified atom stereocenters. The van der Waals surface area contributed by atoms with Crippen LogP contribution in [0.4, 0.5) is 0 Å². The minimum atomic E-state index is 0.944. The Morgan fingerprint density at radius 1 is 0.397 bits per heavy atom. The van der Waals surface area contributed by atoms with E-state index in [0.29, 0.717) is 0 Å². The lowest BCUT2D eigenvalue weighted by molar-refractivity contribution is 1.14. The minimum absolute atomic E-state index is 0.944. The van der Waals surface area contributed by atoms with Crippen molar-refractivity contribution in [1.29, 1.82) is 0 Å². The van der Waals surface area contributed by atoms with Crippen molar-refractivity contribution in [3.63, 3.8) is 0 Å². The van der Waals surface area contributed by atoms with Gasteiger partial charge in [0.15, 0.2) is 0 Å². The van der Waals surface area contributed by atoms with Crippen LogP contribution < -0.4 is 0 Å². The fourth-order valence-electron chi connectivity index (χ4n) is 9.31. The normalized spacial score (nSPS) is 11.8. The van der Waals surface area contributed by atoms with Crippen LogP contribution in [0.25, 0.3) is 110 Å². The van der Waals surface area contributed by atoms with Crippen LogP contribution >= 0.6 is 0 Å². The lowest BCUT2D eigenvalue weighted by Crippen LogP contribution is -1.98. The van der Waals surface area contributed by atoms with Crippen molar-refractivity contribution < 1.29 is 0 Å². The molecule has 0 aliphatic heterocycles. The lowest BCUT2D eigenvalue weighted by atomic mass is 9.87. The Morgan fingerprint density at radius 3 is 1.81 bits per heavy atom. The molecule has 270 valence electrons. The molecule has 3 heterocycles. The van der Waals surface area contributed by atoms with Crippen molar-refractivity contribution in [3.8, 4) is 50.5 Å². The van der Waals surface area contributed by atoms with Gasteiger partial charge in [-0.05, 0) is 84.9 Å². The second kappa shape index (κ2) is 12.9. The van der Waals surface area contributed by atoms with Crippen LogP contribution in [0.2, 0.25) is 0 Å². The average molecular weight is 738 g/mol. The van der Waals surface area contributed by atoms with E-state index in [9.17, 15) is 0 Å². The molecule has 3 nitrogen and oxygen atoms in total. The molecule has 12 rings (SSSR count). The fraction of sp³-hybridized carbons (Fsp3) is 0. The van der Waals surface area contributed by atoms with Crippen LogP contribution in [0.5, 0.6) is 0 Å². The molecule has 58 heavy (non-hydrogen) atoms. The monoisotopic (exact) mass is 737 g/mol. The number of aromatic nitrogens is 3. The molecule has 0 spiro atoms. The van der Waals surface area contributed by atoms with Gasteiger partial charge in [0.25, 0.3) is 0 Å². The molecule has 0 bridgehead atoms. The molecule has 0 atom stereocenters. The van der Waals surface area contributed by atoms with Gasteiger partial charge >= 0.3 is 0 Å². The Bertz CT molecular complexity index is 3510. The molecular weight excluding hydrogens is 703 g/mol. The molecule has 0 amide bonds. The quantitative estimate of drug-likeness (QED) is 0.161. The highest BCUT2D eigenvalue weighted by Gasteiger charge is 2.27. The maximum absolute atomic E-state index is 4.90. The highest BCUT2D eigenvalue weighted by Crippen LogP contribution is 2.51. The molecule has 3 heteroatoms. The number of pyridine rings is 1. The van der Waals surface area contributed by atoms with Gasteiger partial charge in [0.2, 0.25) is 0 Å². The summed E-state index contributed by atoms with van der Waals surface area (Å²) in [4.78, 5) is 4.90. The van der Waals surface area contributed by atoms with Crippen molar-refractivity contribution in [1.82, 2.24) is 14.0 Å². The number of benzene rings is 9. The Hall–Kier alpha value is -7.75. The van der Waals surface area contributed by atoms with Gasteiger partial charge in [-0.1, -0.05) is 170 Å². The van der Waals surface area contributed by atoms with E-state index in [-0.39, 0.29) is 0 Å². The van der Waals surface area contributed by atoms with Crippen LogP contribution in [-0.2, 0) is 0 Å². The van der Waals surface area contributed by atoms with Gasteiger partial charge in [0.05, 0.1) is 16.9 Å². The molecule has 0 aliphatic carbocycles. The Morgan fingerprint density at radius 2 is 1.03 bits per heavy atom. The van der Waals surface area contributed by atoms with Crippen molar-refractivity contribution in [2.75, 3.05) is 0 Å². The number of imidazole rings is 1. The number of hydrogen-bond acceptors (Lipinski definition) is 1.